The van der Waals surface area contributed by atoms with Crippen molar-refractivity contribution in [1.29, 1.82) is 5.26 Å². The number of aryl methyl sites for hydroxylation is 1. The van der Waals surface area contributed by atoms with E-state index in [-0.39, 0.29) is 6.61 Å². The summed E-state index contributed by atoms with van der Waals surface area (Å²) in [5.74, 6) is 0. The van der Waals surface area contributed by atoms with Crippen molar-refractivity contribution in [2.45, 2.75) is 13.5 Å². The first kappa shape index (κ1) is 9.50. The fourth-order valence-electron chi connectivity index (χ4n) is 1.15. The quantitative estimate of drug-likeness (QED) is 0.695. The average molecular weight is 173 g/mol. The zero-order valence-corrected chi connectivity index (χ0v) is 7.49. The van der Waals surface area contributed by atoms with E-state index in [0.29, 0.717) is 0 Å². The number of nitriles is 1. The number of hydrogen-bond donors (Lipinski definition) is 1. The Morgan fingerprint density at radius 2 is 2.31 bits per heavy atom. The topological polar surface area (TPSA) is 44.0 Å². The van der Waals surface area contributed by atoms with Crippen LogP contribution < -0.4 is 0 Å². The molecule has 66 valence electrons. The van der Waals surface area contributed by atoms with E-state index in [9.17, 15) is 0 Å². The molecule has 0 aliphatic heterocycles. The first-order valence-electron chi connectivity index (χ1n) is 4.04. The fourth-order valence-corrected chi connectivity index (χ4v) is 1.15. The average Bonchev–Trinajstić information content (AvgIpc) is 2.16. The normalized spacial score (nSPS) is 10.2. The van der Waals surface area contributed by atoms with E-state index in [1.54, 1.807) is 6.08 Å². The summed E-state index contributed by atoms with van der Waals surface area (Å²) in [6, 6.07) is 7.60. The highest BCUT2D eigenvalue weighted by Gasteiger charge is 1.95. The molecule has 1 rings (SSSR count). The van der Waals surface area contributed by atoms with Crippen molar-refractivity contribution in [1.82, 2.24) is 0 Å². The number of allylic oxidation sites excluding steroid dienone is 1. The maximum absolute atomic E-state index is 8.86. The number of aliphatic hydroxyl groups excluding tert-OH is 1. The van der Waals surface area contributed by atoms with Gasteiger partial charge < -0.3 is 5.11 Å². The molecule has 0 saturated carbocycles. The molecule has 0 bridgehead atoms. The van der Waals surface area contributed by atoms with E-state index in [1.165, 1.54) is 6.08 Å². The molecule has 0 aromatic heterocycles. The zero-order valence-electron chi connectivity index (χ0n) is 7.49. The van der Waals surface area contributed by atoms with E-state index in [2.05, 4.69) is 0 Å². The van der Waals surface area contributed by atoms with Gasteiger partial charge in [-0.25, -0.2) is 0 Å². The summed E-state index contributed by atoms with van der Waals surface area (Å²) in [6.07, 6.45) is 3.21. The lowest BCUT2D eigenvalue weighted by atomic mass is 10.1. The Hall–Kier alpha value is -1.59. The van der Waals surface area contributed by atoms with Crippen molar-refractivity contribution in [2.75, 3.05) is 0 Å². The minimum Gasteiger partial charge on any atom is -0.392 e. The molecular formula is C11H11NO. The standard InChI is InChI=1S/C11H11NO/c1-9-7-10(8-13)4-5-11(9)3-2-6-12/h2-5,7,13H,8H2,1H3. The Kier molecular flexibility index (Phi) is 3.24. The van der Waals surface area contributed by atoms with E-state index in [0.717, 1.165) is 16.7 Å². The fraction of sp³-hybridized carbons (Fsp3) is 0.182. The molecule has 2 heteroatoms. The van der Waals surface area contributed by atoms with Crippen LogP contribution in [0.3, 0.4) is 0 Å². The predicted molar refractivity (Wildman–Crippen MR) is 51.7 cm³/mol. The monoisotopic (exact) mass is 173 g/mol. The molecule has 0 spiro atoms. The van der Waals surface area contributed by atoms with Crippen LogP contribution in [0.2, 0.25) is 0 Å². The molecule has 1 N–H and O–H groups in total. The summed E-state index contributed by atoms with van der Waals surface area (Å²) < 4.78 is 0. The highest BCUT2D eigenvalue weighted by atomic mass is 16.3. The lowest BCUT2D eigenvalue weighted by molar-refractivity contribution is 0.282. The minimum absolute atomic E-state index is 0.0586. The van der Waals surface area contributed by atoms with E-state index < -0.39 is 0 Å². The summed E-state index contributed by atoms with van der Waals surface area (Å²) in [5, 5.41) is 17.2. The van der Waals surface area contributed by atoms with Crippen molar-refractivity contribution >= 4 is 6.08 Å². The van der Waals surface area contributed by atoms with Crippen LogP contribution >= 0.6 is 0 Å². The lowest BCUT2D eigenvalue weighted by Gasteiger charge is -2.01. The van der Waals surface area contributed by atoms with E-state index in [4.69, 9.17) is 10.4 Å². The van der Waals surface area contributed by atoms with Crippen LogP contribution in [0, 0.1) is 18.3 Å². The Balaban J connectivity index is 3.00. The van der Waals surface area contributed by atoms with Crippen LogP contribution in [0.1, 0.15) is 16.7 Å². The molecule has 0 radical (unpaired) electrons. The van der Waals surface area contributed by atoms with Crippen molar-refractivity contribution < 1.29 is 5.11 Å². The third-order valence-electron chi connectivity index (χ3n) is 1.85. The number of rotatable bonds is 2. The third-order valence-corrected chi connectivity index (χ3v) is 1.85. The van der Waals surface area contributed by atoms with Crippen molar-refractivity contribution in [3.05, 3.63) is 41.0 Å². The maximum atomic E-state index is 8.86. The summed E-state index contributed by atoms with van der Waals surface area (Å²) in [7, 11) is 0. The van der Waals surface area contributed by atoms with Gasteiger partial charge in [0.2, 0.25) is 0 Å². The number of benzene rings is 1. The van der Waals surface area contributed by atoms with Gasteiger partial charge in [0.15, 0.2) is 0 Å². The number of hydrogen-bond acceptors (Lipinski definition) is 2. The molecule has 1 aromatic carbocycles. The first-order valence-corrected chi connectivity index (χ1v) is 4.04. The zero-order chi connectivity index (χ0) is 9.68. The lowest BCUT2D eigenvalue weighted by Crippen LogP contribution is -1.86. The molecule has 0 aliphatic rings. The second kappa shape index (κ2) is 4.44. The molecule has 0 fully saturated rings. The molecule has 0 amide bonds. The largest absolute Gasteiger partial charge is 0.392 e. The van der Waals surface area contributed by atoms with Crippen LogP contribution in [0.5, 0.6) is 0 Å². The molecule has 2 nitrogen and oxygen atoms in total. The molecule has 0 saturated heterocycles. The van der Waals surface area contributed by atoms with E-state index >= 15 is 0 Å². The summed E-state index contributed by atoms with van der Waals surface area (Å²) in [6.45, 7) is 2.01. The molecule has 0 atom stereocenters. The number of aliphatic hydroxyl groups is 1. The molecule has 0 heterocycles. The maximum Gasteiger partial charge on any atom is 0.0912 e. The van der Waals surface area contributed by atoms with Crippen LogP contribution in [0.15, 0.2) is 24.3 Å². The SMILES string of the molecule is Cc1cc(CO)ccc1C=CC#N. The summed E-state index contributed by atoms with van der Waals surface area (Å²) in [5.41, 5.74) is 2.98. The smallest absolute Gasteiger partial charge is 0.0912 e. The van der Waals surface area contributed by atoms with Crippen LogP contribution in [-0.4, -0.2) is 5.11 Å². The molecule has 13 heavy (non-hydrogen) atoms. The van der Waals surface area contributed by atoms with Gasteiger partial charge in [0, 0.05) is 6.08 Å². The first-order chi connectivity index (χ1) is 6.27. The van der Waals surface area contributed by atoms with Gasteiger partial charge in [0.1, 0.15) is 0 Å². The highest BCUT2D eigenvalue weighted by molar-refractivity contribution is 5.56. The molecular weight excluding hydrogens is 162 g/mol. The Morgan fingerprint density at radius 3 is 2.85 bits per heavy atom. The van der Waals surface area contributed by atoms with Crippen LogP contribution in [-0.2, 0) is 6.61 Å². The summed E-state index contributed by atoms with van der Waals surface area (Å²) in [4.78, 5) is 0. The Labute approximate surface area is 77.8 Å². The van der Waals surface area contributed by atoms with Crippen molar-refractivity contribution in [3.63, 3.8) is 0 Å². The Bertz CT molecular complexity index is 361. The molecule has 0 aliphatic carbocycles. The highest BCUT2D eigenvalue weighted by Crippen LogP contribution is 2.12. The number of nitrogens with zero attached hydrogens (tertiary/aromatic N) is 1. The summed E-state index contributed by atoms with van der Waals surface area (Å²) >= 11 is 0. The van der Waals surface area contributed by atoms with Gasteiger partial charge in [-0.15, -0.1) is 0 Å². The van der Waals surface area contributed by atoms with Gasteiger partial charge in [-0.05, 0) is 29.7 Å². The van der Waals surface area contributed by atoms with Crippen molar-refractivity contribution in [3.8, 4) is 6.07 Å². The van der Waals surface area contributed by atoms with Gasteiger partial charge in [-0.1, -0.05) is 18.2 Å². The second-order valence-electron chi connectivity index (χ2n) is 2.81. The van der Waals surface area contributed by atoms with Gasteiger partial charge in [-0.3, -0.25) is 0 Å². The van der Waals surface area contributed by atoms with Gasteiger partial charge in [0.05, 0.1) is 12.7 Å². The second-order valence-corrected chi connectivity index (χ2v) is 2.81. The van der Waals surface area contributed by atoms with Crippen LogP contribution in [0.25, 0.3) is 6.08 Å². The molecule has 0 unspecified atom stereocenters. The van der Waals surface area contributed by atoms with Gasteiger partial charge in [0.25, 0.3) is 0 Å². The van der Waals surface area contributed by atoms with Crippen molar-refractivity contribution in [2.24, 2.45) is 0 Å². The predicted octanol–water partition coefficient (Wildman–Crippen LogP) is 2.02. The van der Waals surface area contributed by atoms with Gasteiger partial charge in [-0.2, -0.15) is 5.26 Å². The minimum atomic E-state index is 0.0586. The Morgan fingerprint density at radius 1 is 1.54 bits per heavy atom. The van der Waals surface area contributed by atoms with Gasteiger partial charge >= 0.3 is 0 Å². The molecule has 1 aromatic rings. The van der Waals surface area contributed by atoms with E-state index in [1.807, 2.05) is 31.2 Å². The van der Waals surface area contributed by atoms with Crippen LogP contribution in [0.4, 0.5) is 0 Å². The third kappa shape index (κ3) is 2.43.